The number of hydrogen-bond donors (Lipinski definition) is 4. The van der Waals surface area contributed by atoms with Crippen LogP contribution in [0.1, 0.15) is 26.3 Å². The summed E-state index contributed by atoms with van der Waals surface area (Å²) in [6, 6.07) is 10.7. The lowest BCUT2D eigenvalue weighted by Crippen LogP contribution is -2.29. The maximum atomic E-state index is 12.7. The van der Waals surface area contributed by atoms with Crippen LogP contribution in [0.25, 0.3) is 0 Å². The van der Waals surface area contributed by atoms with Crippen LogP contribution in [0.15, 0.2) is 65.3 Å². The number of amides is 2. The molecular formula is C22H21ClN4O5S. The third-order valence-corrected chi connectivity index (χ3v) is 5.75. The molecule has 9 nitrogen and oxygen atoms in total. The van der Waals surface area contributed by atoms with Gasteiger partial charge in [0.1, 0.15) is 11.4 Å². The number of benzene rings is 2. The van der Waals surface area contributed by atoms with Gasteiger partial charge in [0.05, 0.1) is 23.6 Å². The van der Waals surface area contributed by atoms with Gasteiger partial charge in [-0.1, -0.05) is 23.7 Å². The molecule has 0 saturated heterocycles. The van der Waals surface area contributed by atoms with Gasteiger partial charge in [-0.3, -0.25) is 9.59 Å². The van der Waals surface area contributed by atoms with Crippen molar-refractivity contribution in [3.8, 4) is 5.75 Å². The number of thioether (sulfide) groups is 1. The first kappa shape index (κ1) is 24.2. The van der Waals surface area contributed by atoms with E-state index in [1.54, 1.807) is 18.3 Å². The molecule has 0 radical (unpaired) electrons. The third-order valence-electron chi connectivity index (χ3n) is 4.45. The average molecular weight is 489 g/mol. The maximum absolute atomic E-state index is 12.7. The molecule has 2 aromatic carbocycles. The van der Waals surface area contributed by atoms with Crippen LogP contribution < -0.4 is 16.5 Å². The number of carbonyl (C=O) groups is 3. The summed E-state index contributed by atoms with van der Waals surface area (Å²) in [5.41, 5.74) is 0.960. The van der Waals surface area contributed by atoms with Gasteiger partial charge in [-0.2, -0.15) is 0 Å². The minimum Gasteiger partial charge on any atom is -0.508 e. The molecule has 2 amide bonds. The number of allylic oxidation sites excluding steroid dienone is 1. The van der Waals surface area contributed by atoms with E-state index in [1.807, 2.05) is 0 Å². The highest BCUT2D eigenvalue weighted by atomic mass is 35.5. The van der Waals surface area contributed by atoms with Crippen molar-refractivity contribution >= 4 is 41.1 Å². The number of esters is 1. The van der Waals surface area contributed by atoms with Crippen molar-refractivity contribution in [1.29, 1.82) is 0 Å². The van der Waals surface area contributed by atoms with Crippen LogP contribution in [0, 0.1) is 0 Å². The Morgan fingerprint density at radius 1 is 1.24 bits per heavy atom. The maximum Gasteiger partial charge on any atom is 0.354 e. The molecule has 0 aromatic heterocycles. The van der Waals surface area contributed by atoms with Crippen LogP contribution in [0.3, 0.4) is 0 Å². The second-order valence-corrected chi connectivity index (χ2v) is 8.30. The third kappa shape index (κ3) is 6.51. The fraction of sp³-hybridized carbons (Fsp3) is 0.136. The summed E-state index contributed by atoms with van der Waals surface area (Å²) in [7, 11) is 1.20. The van der Waals surface area contributed by atoms with E-state index in [4.69, 9.17) is 22.2 Å². The first-order chi connectivity index (χ1) is 15.8. The van der Waals surface area contributed by atoms with Crippen molar-refractivity contribution < 1.29 is 24.2 Å². The van der Waals surface area contributed by atoms with Crippen molar-refractivity contribution in [3.63, 3.8) is 0 Å². The highest BCUT2D eigenvalue weighted by molar-refractivity contribution is 8.03. The summed E-state index contributed by atoms with van der Waals surface area (Å²) >= 11 is 7.63. The van der Waals surface area contributed by atoms with Crippen LogP contribution in [0.2, 0.25) is 5.02 Å². The van der Waals surface area contributed by atoms with Gasteiger partial charge in [-0.05, 0) is 42.0 Å². The highest BCUT2D eigenvalue weighted by Gasteiger charge is 2.20. The second kappa shape index (κ2) is 10.9. The number of ether oxygens (including phenoxy) is 1. The largest absolute Gasteiger partial charge is 0.508 e. The van der Waals surface area contributed by atoms with Gasteiger partial charge in [-0.25, -0.2) is 10.6 Å². The number of nitrogens with zero attached hydrogens (tertiary/aromatic N) is 1. The minimum absolute atomic E-state index is 0.0318. The van der Waals surface area contributed by atoms with E-state index >= 15 is 0 Å². The number of rotatable bonds is 7. The van der Waals surface area contributed by atoms with Crippen LogP contribution in [-0.2, 0) is 16.1 Å². The normalized spacial score (nSPS) is 13.4. The molecule has 0 bridgehead atoms. The number of nitrogens with one attached hydrogen (secondary N) is 2. The zero-order valence-electron chi connectivity index (χ0n) is 17.5. The van der Waals surface area contributed by atoms with Gasteiger partial charge in [0.25, 0.3) is 11.8 Å². The molecule has 172 valence electrons. The van der Waals surface area contributed by atoms with Gasteiger partial charge in [0, 0.05) is 23.2 Å². The summed E-state index contributed by atoms with van der Waals surface area (Å²) in [5.74, 6) is 4.49. The molecule has 0 aliphatic carbocycles. The monoisotopic (exact) mass is 488 g/mol. The van der Waals surface area contributed by atoms with Gasteiger partial charge >= 0.3 is 5.97 Å². The first-order valence-electron chi connectivity index (χ1n) is 9.60. The van der Waals surface area contributed by atoms with Crippen molar-refractivity contribution in [2.75, 3.05) is 13.0 Å². The van der Waals surface area contributed by atoms with Crippen molar-refractivity contribution in [2.24, 2.45) is 5.84 Å². The molecular weight excluding hydrogens is 468 g/mol. The van der Waals surface area contributed by atoms with E-state index in [0.29, 0.717) is 10.8 Å². The number of halogens is 1. The Morgan fingerprint density at radius 3 is 2.67 bits per heavy atom. The lowest BCUT2D eigenvalue weighted by molar-refractivity contribution is -0.136. The number of hydrogen-bond acceptors (Lipinski definition) is 8. The molecule has 2 aromatic rings. The van der Waals surface area contributed by atoms with Crippen LogP contribution in [-0.4, -0.2) is 40.9 Å². The number of aromatic hydroxyl groups is 1. The Hall–Kier alpha value is -3.47. The molecule has 5 N–H and O–H groups in total. The highest BCUT2D eigenvalue weighted by Crippen LogP contribution is 2.25. The van der Waals surface area contributed by atoms with Gasteiger partial charge < -0.3 is 25.5 Å². The van der Waals surface area contributed by atoms with Gasteiger partial charge in [-0.15, -0.1) is 11.8 Å². The number of carbonyl (C=O) groups excluding carboxylic acids is 3. The number of nitrogens with two attached hydrogens (primary N) is 1. The molecule has 11 heteroatoms. The van der Waals surface area contributed by atoms with Crippen LogP contribution in [0.4, 0.5) is 0 Å². The Labute approximate surface area is 199 Å². The predicted octanol–water partition coefficient (Wildman–Crippen LogP) is 2.48. The standard InChI is InChI=1S/C22H21ClN4O5S/c1-32-22(31)19(9-16-11-27(24)12-33-16)26-21(30)17-6-5-14(8-18(17)23)20(29)25-10-13-3-2-4-15(28)7-13/h2-9,11,28H,10,12,24H2,1H3,(H,25,29)(H,26,30)/b19-9-. The smallest absolute Gasteiger partial charge is 0.354 e. The second-order valence-electron chi connectivity index (χ2n) is 6.87. The molecule has 33 heavy (non-hydrogen) atoms. The number of methoxy groups -OCH3 is 1. The van der Waals surface area contributed by atoms with Crippen molar-refractivity contribution in [2.45, 2.75) is 6.54 Å². The van der Waals surface area contributed by atoms with Gasteiger partial charge in [0.15, 0.2) is 0 Å². The molecule has 0 unspecified atom stereocenters. The van der Waals surface area contributed by atoms with E-state index in [0.717, 1.165) is 5.56 Å². The van der Waals surface area contributed by atoms with Crippen LogP contribution in [0.5, 0.6) is 5.75 Å². The zero-order valence-corrected chi connectivity index (χ0v) is 19.1. The van der Waals surface area contributed by atoms with E-state index in [1.165, 1.54) is 60.3 Å². The Kier molecular flexibility index (Phi) is 7.99. The van der Waals surface area contributed by atoms with E-state index < -0.39 is 17.8 Å². The summed E-state index contributed by atoms with van der Waals surface area (Å²) in [6.07, 6.45) is 3.08. The molecule has 1 heterocycles. The average Bonchev–Trinajstić information content (AvgIpc) is 3.20. The molecule has 0 atom stereocenters. The predicted molar refractivity (Wildman–Crippen MR) is 125 cm³/mol. The fourth-order valence-corrected chi connectivity index (χ4v) is 3.90. The number of phenolic OH excluding ortho intramolecular Hbond substituents is 1. The Balaban J connectivity index is 1.70. The van der Waals surface area contributed by atoms with Crippen molar-refractivity contribution in [1.82, 2.24) is 15.6 Å². The SMILES string of the molecule is COC(=O)/C(=C/C1=CN(N)CS1)NC(=O)c1ccc(C(=O)NCc2cccc(O)c2)cc1Cl. The molecule has 1 aliphatic rings. The topological polar surface area (TPSA) is 134 Å². The summed E-state index contributed by atoms with van der Waals surface area (Å²) in [4.78, 5) is 37.9. The Bertz CT molecular complexity index is 1150. The Morgan fingerprint density at radius 2 is 2.03 bits per heavy atom. The zero-order chi connectivity index (χ0) is 24.0. The molecule has 1 aliphatic heterocycles. The number of phenols is 1. The molecule has 0 fully saturated rings. The summed E-state index contributed by atoms with van der Waals surface area (Å²) < 4.78 is 4.73. The summed E-state index contributed by atoms with van der Waals surface area (Å²) in [5, 5.41) is 16.2. The molecule has 0 saturated carbocycles. The first-order valence-corrected chi connectivity index (χ1v) is 11.0. The molecule has 3 rings (SSSR count). The van der Waals surface area contributed by atoms with E-state index in [2.05, 4.69) is 10.6 Å². The van der Waals surface area contributed by atoms with E-state index in [-0.39, 0.29) is 34.1 Å². The van der Waals surface area contributed by atoms with Crippen molar-refractivity contribution in [3.05, 3.63) is 87.1 Å². The molecule has 0 spiro atoms. The minimum atomic E-state index is -0.737. The van der Waals surface area contributed by atoms with Crippen LogP contribution >= 0.6 is 23.4 Å². The van der Waals surface area contributed by atoms with E-state index in [9.17, 15) is 19.5 Å². The quantitative estimate of drug-likeness (QED) is 0.265. The lowest BCUT2D eigenvalue weighted by atomic mass is 10.1. The fourth-order valence-electron chi connectivity index (χ4n) is 2.85. The lowest BCUT2D eigenvalue weighted by Gasteiger charge is -2.11. The number of hydrazine groups is 1. The summed E-state index contributed by atoms with van der Waals surface area (Å²) in [6.45, 7) is 0.203. The van der Waals surface area contributed by atoms with Gasteiger partial charge in [0.2, 0.25) is 0 Å².